The maximum atomic E-state index is 11.5. The molecule has 3 nitrogen and oxygen atoms in total. The molecule has 4 heteroatoms. The molecule has 0 unspecified atom stereocenters. The molecular weight excluding hydrogens is 226 g/mol. The van der Waals surface area contributed by atoms with Crippen molar-refractivity contribution in [2.24, 2.45) is 0 Å². The van der Waals surface area contributed by atoms with Gasteiger partial charge in [0, 0.05) is 18.1 Å². The van der Waals surface area contributed by atoms with Crippen molar-refractivity contribution in [1.82, 2.24) is 4.90 Å². The molecule has 0 radical (unpaired) electrons. The number of carbonyl (C=O) groups is 1. The first kappa shape index (κ1) is 12.8. The lowest BCUT2D eigenvalue weighted by atomic mass is 10.2. The van der Waals surface area contributed by atoms with Crippen LogP contribution in [0.1, 0.15) is 19.4 Å². The van der Waals surface area contributed by atoms with Crippen LogP contribution in [0, 0.1) is 0 Å². The van der Waals surface area contributed by atoms with Crippen molar-refractivity contribution < 1.29 is 9.53 Å². The minimum atomic E-state index is -0.278. The topological polar surface area (TPSA) is 29.5 Å². The number of amides is 1. The number of rotatable bonds is 4. The van der Waals surface area contributed by atoms with Crippen LogP contribution in [0.2, 0.25) is 5.02 Å². The number of nitrogens with zero attached hydrogens (tertiary/aromatic N) is 1. The molecule has 1 aromatic rings. The molecule has 0 fully saturated rings. The van der Waals surface area contributed by atoms with Crippen LogP contribution in [0.15, 0.2) is 24.3 Å². The van der Waals surface area contributed by atoms with Gasteiger partial charge < -0.3 is 9.64 Å². The van der Waals surface area contributed by atoms with Crippen molar-refractivity contribution >= 4 is 17.7 Å². The largest absolute Gasteiger partial charge is 0.445 e. The lowest BCUT2D eigenvalue weighted by Gasteiger charge is -2.17. The summed E-state index contributed by atoms with van der Waals surface area (Å²) in [5.74, 6) is 0. The number of benzene rings is 1. The van der Waals surface area contributed by atoms with Crippen LogP contribution < -0.4 is 0 Å². The van der Waals surface area contributed by atoms with Crippen LogP contribution in [0.5, 0.6) is 0 Å². The lowest BCUT2D eigenvalue weighted by Crippen LogP contribution is -2.30. The molecule has 0 N–H and O–H groups in total. The zero-order valence-corrected chi connectivity index (χ0v) is 10.3. The van der Waals surface area contributed by atoms with Crippen molar-refractivity contribution in [3.8, 4) is 0 Å². The third kappa shape index (κ3) is 3.74. The maximum Gasteiger partial charge on any atom is 0.410 e. The van der Waals surface area contributed by atoms with E-state index in [0.29, 0.717) is 18.1 Å². The Bertz CT molecular complexity index is 333. The second-order valence-corrected chi connectivity index (χ2v) is 3.79. The van der Waals surface area contributed by atoms with Crippen molar-refractivity contribution in [3.63, 3.8) is 0 Å². The van der Waals surface area contributed by atoms with E-state index in [9.17, 15) is 4.79 Å². The first-order valence-corrected chi connectivity index (χ1v) is 5.71. The Hall–Kier alpha value is -1.22. The van der Waals surface area contributed by atoms with Gasteiger partial charge in [-0.25, -0.2) is 4.79 Å². The standard InChI is InChI=1S/C12H16ClNO2/c1-3-14(4-2)12(15)16-9-10-5-7-11(13)8-6-10/h5-8H,3-4,9H2,1-2H3. The van der Waals surface area contributed by atoms with E-state index in [0.717, 1.165) is 5.56 Å². The highest BCUT2D eigenvalue weighted by molar-refractivity contribution is 6.30. The van der Waals surface area contributed by atoms with Gasteiger partial charge in [-0.05, 0) is 31.5 Å². The summed E-state index contributed by atoms with van der Waals surface area (Å²) >= 11 is 5.75. The minimum Gasteiger partial charge on any atom is -0.445 e. The van der Waals surface area contributed by atoms with E-state index in [2.05, 4.69) is 0 Å². The van der Waals surface area contributed by atoms with Gasteiger partial charge in [-0.3, -0.25) is 0 Å². The van der Waals surface area contributed by atoms with Gasteiger partial charge in [-0.2, -0.15) is 0 Å². The third-order valence-electron chi connectivity index (χ3n) is 2.30. The summed E-state index contributed by atoms with van der Waals surface area (Å²) in [4.78, 5) is 13.2. The van der Waals surface area contributed by atoms with E-state index >= 15 is 0 Å². The summed E-state index contributed by atoms with van der Waals surface area (Å²) in [5, 5.41) is 0.679. The summed E-state index contributed by atoms with van der Waals surface area (Å²) in [6.07, 6.45) is -0.278. The van der Waals surface area contributed by atoms with E-state index in [-0.39, 0.29) is 12.7 Å². The Morgan fingerprint density at radius 3 is 2.31 bits per heavy atom. The molecule has 0 spiro atoms. The monoisotopic (exact) mass is 241 g/mol. The van der Waals surface area contributed by atoms with Gasteiger partial charge in [-0.1, -0.05) is 23.7 Å². The molecule has 88 valence electrons. The second kappa shape index (κ2) is 6.38. The smallest absolute Gasteiger partial charge is 0.410 e. The summed E-state index contributed by atoms with van der Waals surface area (Å²) in [6, 6.07) is 7.25. The summed E-state index contributed by atoms with van der Waals surface area (Å²) in [6.45, 7) is 5.46. The maximum absolute atomic E-state index is 11.5. The molecule has 1 aromatic carbocycles. The summed E-state index contributed by atoms with van der Waals surface area (Å²) < 4.78 is 5.16. The zero-order chi connectivity index (χ0) is 12.0. The summed E-state index contributed by atoms with van der Waals surface area (Å²) in [7, 11) is 0. The van der Waals surface area contributed by atoms with Gasteiger partial charge >= 0.3 is 6.09 Å². The number of hydrogen-bond acceptors (Lipinski definition) is 2. The number of halogens is 1. The van der Waals surface area contributed by atoms with Gasteiger partial charge in [0.2, 0.25) is 0 Å². The van der Waals surface area contributed by atoms with Crippen LogP contribution in [0.3, 0.4) is 0 Å². The Morgan fingerprint density at radius 2 is 1.81 bits per heavy atom. The first-order chi connectivity index (χ1) is 7.67. The van der Waals surface area contributed by atoms with Crippen LogP contribution in [0.25, 0.3) is 0 Å². The molecular formula is C12H16ClNO2. The molecule has 0 saturated carbocycles. The predicted molar refractivity (Wildman–Crippen MR) is 64.6 cm³/mol. The highest BCUT2D eigenvalue weighted by Crippen LogP contribution is 2.10. The second-order valence-electron chi connectivity index (χ2n) is 3.35. The van der Waals surface area contributed by atoms with Crippen molar-refractivity contribution in [1.29, 1.82) is 0 Å². The van der Waals surface area contributed by atoms with Gasteiger partial charge in [0.15, 0.2) is 0 Å². The first-order valence-electron chi connectivity index (χ1n) is 5.33. The number of carbonyl (C=O) groups excluding carboxylic acids is 1. The number of hydrogen-bond donors (Lipinski definition) is 0. The molecule has 16 heavy (non-hydrogen) atoms. The molecule has 0 aliphatic carbocycles. The fraction of sp³-hybridized carbons (Fsp3) is 0.417. The Balaban J connectivity index is 2.45. The molecule has 0 aromatic heterocycles. The zero-order valence-electron chi connectivity index (χ0n) is 9.57. The van der Waals surface area contributed by atoms with Gasteiger partial charge in [0.25, 0.3) is 0 Å². The minimum absolute atomic E-state index is 0.278. The van der Waals surface area contributed by atoms with E-state index in [4.69, 9.17) is 16.3 Å². The van der Waals surface area contributed by atoms with E-state index in [1.54, 1.807) is 17.0 Å². The lowest BCUT2D eigenvalue weighted by molar-refractivity contribution is 0.0999. The van der Waals surface area contributed by atoms with E-state index < -0.39 is 0 Å². The molecule has 0 atom stereocenters. The molecule has 0 saturated heterocycles. The SMILES string of the molecule is CCN(CC)C(=O)OCc1ccc(Cl)cc1. The molecule has 0 aliphatic rings. The van der Waals surface area contributed by atoms with Crippen molar-refractivity contribution in [2.75, 3.05) is 13.1 Å². The fourth-order valence-electron chi connectivity index (χ4n) is 1.30. The van der Waals surface area contributed by atoms with Gasteiger partial charge in [-0.15, -0.1) is 0 Å². The van der Waals surface area contributed by atoms with Crippen LogP contribution in [-0.2, 0) is 11.3 Å². The van der Waals surface area contributed by atoms with Crippen LogP contribution >= 0.6 is 11.6 Å². The Morgan fingerprint density at radius 1 is 1.25 bits per heavy atom. The average molecular weight is 242 g/mol. The molecule has 0 aliphatic heterocycles. The highest BCUT2D eigenvalue weighted by atomic mass is 35.5. The quantitative estimate of drug-likeness (QED) is 0.809. The van der Waals surface area contributed by atoms with Crippen molar-refractivity contribution in [2.45, 2.75) is 20.5 Å². The third-order valence-corrected chi connectivity index (χ3v) is 2.55. The highest BCUT2D eigenvalue weighted by Gasteiger charge is 2.10. The van der Waals surface area contributed by atoms with Crippen molar-refractivity contribution in [3.05, 3.63) is 34.9 Å². The Kier molecular flexibility index (Phi) is 5.12. The van der Waals surface area contributed by atoms with E-state index in [1.807, 2.05) is 26.0 Å². The predicted octanol–water partition coefficient (Wildman–Crippen LogP) is 3.32. The average Bonchev–Trinajstić information content (AvgIpc) is 2.30. The van der Waals surface area contributed by atoms with Crippen LogP contribution in [0.4, 0.5) is 4.79 Å². The molecule has 1 amide bonds. The normalized spacial score (nSPS) is 9.94. The van der Waals surface area contributed by atoms with Gasteiger partial charge in [0.05, 0.1) is 0 Å². The molecule has 0 bridgehead atoms. The van der Waals surface area contributed by atoms with E-state index in [1.165, 1.54) is 0 Å². The summed E-state index contributed by atoms with van der Waals surface area (Å²) in [5.41, 5.74) is 0.935. The number of ether oxygens (including phenoxy) is 1. The van der Waals surface area contributed by atoms with Crippen LogP contribution in [-0.4, -0.2) is 24.1 Å². The Labute approximate surface area is 101 Å². The molecule has 0 heterocycles. The molecule has 1 rings (SSSR count). The fourth-order valence-corrected chi connectivity index (χ4v) is 1.42. The van der Waals surface area contributed by atoms with Gasteiger partial charge in [0.1, 0.15) is 6.61 Å².